The van der Waals surface area contributed by atoms with Crippen LogP contribution in [0.2, 0.25) is 0 Å². The van der Waals surface area contributed by atoms with Gasteiger partial charge in [0.2, 0.25) is 5.91 Å². The fraction of sp³-hybridized carbons (Fsp3) is 0.467. The van der Waals surface area contributed by atoms with E-state index in [4.69, 9.17) is 0 Å². The van der Waals surface area contributed by atoms with Gasteiger partial charge in [0.1, 0.15) is 6.04 Å². The Morgan fingerprint density at radius 1 is 1.22 bits per heavy atom. The van der Waals surface area contributed by atoms with Gasteiger partial charge in [0.15, 0.2) is 0 Å². The lowest BCUT2D eigenvalue weighted by molar-refractivity contribution is -0.137. The molecule has 3 amide bonds. The van der Waals surface area contributed by atoms with Crippen molar-refractivity contribution in [1.29, 1.82) is 0 Å². The van der Waals surface area contributed by atoms with Crippen molar-refractivity contribution in [2.45, 2.75) is 37.6 Å². The van der Waals surface area contributed by atoms with Crippen LogP contribution in [0.1, 0.15) is 24.0 Å². The van der Waals surface area contributed by atoms with Crippen LogP contribution in [0.3, 0.4) is 0 Å². The minimum absolute atomic E-state index is 0.0993. The van der Waals surface area contributed by atoms with Gasteiger partial charge in [-0.05, 0) is 30.5 Å². The molecule has 1 aromatic rings. The van der Waals surface area contributed by atoms with Crippen LogP contribution in [0.4, 0.5) is 18.0 Å². The molecule has 23 heavy (non-hydrogen) atoms. The molecule has 0 radical (unpaired) electrons. The average molecular weight is 327 g/mol. The molecule has 8 heteroatoms. The average Bonchev–Trinajstić information content (AvgIpc) is 3.25. The molecule has 124 valence electrons. The Bertz CT molecular complexity index is 611. The summed E-state index contributed by atoms with van der Waals surface area (Å²) >= 11 is 0. The van der Waals surface area contributed by atoms with Gasteiger partial charge >= 0.3 is 12.2 Å². The highest BCUT2D eigenvalue weighted by atomic mass is 19.4. The van der Waals surface area contributed by atoms with E-state index < -0.39 is 17.8 Å². The van der Waals surface area contributed by atoms with Crippen LogP contribution in [-0.2, 0) is 17.5 Å². The van der Waals surface area contributed by atoms with Crippen LogP contribution in [0.25, 0.3) is 0 Å². The summed E-state index contributed by atoms with van der Waals surface area (Å²) in [5.41, 5.74) is -0.0756. The lowest BCUT2D eigenvalue weighted by Crippen LogP contribution is -2.46. The highest BCUT2D eigenvalue weighted by Crippen LogP contribution is 2.31. The van der Waals surface area contributed by atoms with Crippen molar-refractivity contribution < 1.29 is 22.8 Å². The highest BCUT2D eigenvalue weighted by molar-refractivity contribution is 5.90. The van der Waals surface area contributed by atoms with E-state index in [0.29, 0.717) is 5.56 Å². The zero-order valence-corrected chi connectivity index (χ0v) is 12.2. The third kappa shape index (κ3) is 3.57. The van der Waals surface area contributed by atoms with Gasteiger partial charge < -0.3 is 15.5 Å². The lowest BCUT2D eigenvalue weighted by Gasteiger charge is -2.25. The van der Waals surface area contributed by atoms with Crippen LogP contribution in [0.15, 0.2) is 24.3 Å². The number of amides is 3. The van der Waals surface area contributed by atoms with Gasteiger partial charge in [-0.25, -0.2) is 4.79 Å². The number of nitrogens with zero attached hydrogens (tertiary/aromatic N) is 1. The number of rotatable bonds is 4. The lowest BCUT2D eigenvalue weighted by atomic mass is 10.1. The molecular weight excluding hydrogens is 311 g/mol. The van der Waals surface area contributed by atoms with Gasteiger partial charge in [0.25, 0.3) is 0 Å². The Hall–Kier alpha value is -2.25. The SMILES string of the molecule is O=C1NC[C@@H](C(=O)N(Cc2ccc(C(F)(F)F)cc2)C2CC2)N1. The summed E-state index contributed by atoms with van der Waals surface area (Å²) in [5.74, 6) is -0.203. The highest BCUT2D eigenvalue weighted by Gasteiger charge is 2.38. The molecule has 0 aromatic heterocycles. The van der Waals surface area contributed by atoms with E-state index in [1.165, 1.54) is 12.1 Å². The Balaban J connectivity index is 1.70. The number of alkyl halides is 3. The molecule has 1 saturated heterocycles. The van der Waals surface area contributed by atoms with E-state index in [1.54, 1.807) is 4.90 Å². The van der Waals surface area contributed by atoms with E-state index in [0.717, 1.165) is 25.0 Å². The number of halogens is 3. The first-order chi connectivity index (χ1) is 10.8. The first-order valence-corrected chi connectivity index (χ1v) is 7.35. The second-order valence-electron chi connectivity index (χ2n) is 5.80. The van der Waals surface area contributed by atoms with Gasteiger partial charge in [0.05, 0.1) is 5.56 Å². The van der Waals surface area contributed by atoms with Crippen molar-refractivity contribution in [3.8, 4) is 0 Å². The maximum atomic E-state index is 12.6. The van der Waals surface area contributed by atoms with Crippen LogP contribution >= 0.6 is 0 Å². The third-order valence-corrected chi connectivity index (χ3v) is 3.98. The smallest absolute Gasteiger partial charge is 0.336 e. The minimum Gasteiger partial charge on any atom is -0.336 e. The first-order valence-electron chi connectivity index (χ1n) is 7.35. The van der Waals surface area contributed by atoms with Gasteiger partial charge in [-0.2, -0.15) is 13.2 Å². The molecule has 0 bridgehead atoms. The van der Waals surface area contributed by atoms with Crippen LogP contribution < -0.4 is 10.6 Å². The van der Waals surface area contributed by atoms with Gasteiger partial charge in [0, 0.05) is 19.1 Å². The predicted molar refractivity (Wildman–Crippen MR) is 75.3 cm³/mol. The fourth-order valence-electron chi connectivity index (χ4n) is 2.57. The summed E-state index contributed by atoms with van der Waals surface area (Å²) < 4.78 is 37.7. The summed E-state index contributed by atoms with van der Waals surface area (Å²) in [4.78, 5) is 25.3. The van der Waals surface area contributed by atoms with Gasteiger partial charge in [-0.1, -0.05) is 12.1 Å². The first kappa shape index (κ1) is 15.6. The molecule has 1 aliphatic carbocycles. The Kier molecular flexibility index (Phi) is 3.91. The van der Waals surface area contributed by atoms with Crippen molar-refractivity contribution in [3.63, 3.8) is 0 Å². The van der Waals surface area contributed by atoms with E-state index in [-0.39, 0.29) is 31.1 Å². The molecule has 1 aromatic carbocycles. The van der Waals surface area contributed by atoms with Crippen molar-refractivity contribution >= 4 is 11.9 Å². The predicted octanol–water partition coefficient (Wildman–Crippen LogP) is 1.88. The normalized spacial score (nSPS) is 20.8. The van der Waals surface area contributed by atoms with Crippen LogP contribution in [-0.4, -0.2) is 35.5 Å². The van der Waals surface area contributed by atoms with E-state index in [1.807, 2.05) is 0 Å². The molecule has 1 aliphatic heterocycles. The Labute approximate surface area is 130 Å². The zero-order valence-electron chi connectivity index (χ0n) is 12.2. The quantitative estimate of drug-likeness (QED) is 0.887. The number of carbonyl (C=O) groups excluding carboxylic acids is 2. The minimum atomic E-state index is -4.37. The summed E-state index contributed by atoms with van der Waals surface area (Å²) in [5, 5.41) is 5.07. The summed E-state index contributed by atoms with van der Waals surface area (Å²) in [6, 6.07) is 3.91. The number of carbonyl (C=O) groups is 2. The maximum absolute atomic E-state index is 12.6. The zero-order chi connectivity index (χ0) is 16.6. The standard InChI is InChI=1S/C15H16F3N3O2/c16-15(17,18)10-3-1-9(2-4-10)8-21(11-5-6-11)13(22)12-7-19-14(23)20-12/h1-4,11-12H,5-8H2,(H2,19,20,23)/t12-/m0/s1. The van der Waals surface area contributed by atoms with Gasteiger partial charge in [-0.15, -0.1) is 0 Å². The molecule has 5 nitrogen and oxygen atoms in total. The molecule has 2 fully saturated rings. The molecule has 0 unspecified atom stereocenters. The number of hydrogen-bond donors (Lipinski definition) is 2. The molecular formula is C15H16F3N3O2. The van der Waals surface area contributed by atoms with Crippen LogP contribution in [0, 0.1) is 0 Å². The molecule has 3 rings (SSSR count). The number of nitrogens with one attached hydrogen (secondary N) is 2. The van der Waals surface area contributed by atoms with Crippen molar-refractivity contribution in [2.75, 3.05) is 6.54 Å². The fourth-order valence-corrected chi connectivity index (χ4v) is 2.57. The second-order valence-corrected chi connectivity index (χ2v) is 5.80. The topological polar surface area (TPSA) is 61.4 Å². The molecule has 2 aliphatic rings. The molecule has 1 heterocycles. The van der Waals surface area contributed by atoms with Crippen molar-refractivity contribution in [2.24, 2.45) is 0 Å². The van der Waals surface area contributed by atoms with E-state index in [2.05, 4.69) is 10.6 Å². The van der Waals surface area contributed by atoms with Crippen molar-refractivity contribution in [3.05, 3.63) is 35.4 Å². The maximum Gasteiger partial charge on any atom is 0.416 e. The molecule has 2 N–H and O–H groups in total. The Morgan fingerprint density at radius 3 is 2.35 bits per heavy atom. The largest absolute Gasteiger partial charge is 0.416 e. The number of urea groups is 1. The second kappa shape index (κ2) is 5.75. The molecule has 0 spiro atoms. The van der Waals surface area contributed by atoms with Crippen molar-refractivity contribution in [1.82, 2.24) is 15.5 Å². The number of benzene rings is 1. The van der Waals surface area contributed by atoms with Crippen LogP contribution in [0.5, 0.6) is 0 Å². The molecule has 1 saturated carbocycles. The Morgan fingerprint density at radius 2 is 1.87 bits per heavy atom. The van der Waals surface area contributed by atoms with E-state index in [9.17, 15) is 22.8 Å². The monoisotopic (exact) mass is 327 g/mol. The molecule has 1 atom stereocenters. The van der Waals surface area contributed by atoms with E-state index >= 15 is 0 Å². The summed E-state index contributed by atoms with van der Waals surface area (Å²) in [6.45, 7) is 0.474. The van der Waals surface area contributed by atoms with Gasteiger partial charge in [-0.3, -0.25) is 4.79 Å². The number of hydrogen-bond acceptors (Lipinski definition) is 2. The summed E-state index contributed by atoms with van der Waals surface area (Å²) in [6.07, 6.45) is -2.62. The third-order valence-electron chi connectivity index (χ3n) is 3.98. The summed E-state index contributed by atoms with van der Waals surface area (Å²) in [7, 11) is 0.